The molecule has 23 heavy (non-hydrogen) atoms. The Bertz CT molecular complexity index is 595. The Morgan fingerprint density at radius 1 is 1.30 bits per heavy atom. The maximum absolute atomic E-state index is 9.26. The molecule has 0 radical (unpaired) electrons. The van der Waals surface area contributed by atoms with Gasteiger partial charge in [-0.3, -0.25) is 5.01 Å². The first-order valence-corrected chi connectivity index (χ1v) is 8.19. The summed E-state index contributed by atoms with van der Waals surface area (Å²) in [6, 6.07) is 8.14. The molecule has 1 N–H and O–H groups in total. The highest BCUT2D eigenvalue weighted by molar-refractivity contribution is 5.80. The summed E-state index contributed by atoms with van der Waals surface area (Å²) in [4.78, 5) is 2.26. The summed E-state index contributed by atoms with van der Waals surface area (Å²) in [5.74, 6) is 1.50. The van der Waals surface area contributed by atoms with Gasteiger partial charge in [-0.2, -0.15) is 5.10 Å². The summed E-state index contributed by atoms with van der Waals surface area (Å²) < 4.78 is 5.20. The van der Waals surface area contributed by atoms with Crippen molar-refractivity contribution in [3.05, 3.63) is 41.1 Å². The third-order valence-corrected chi connectivity index (χ3v) is 4.44. The first kappa shape index (κ1) is 15.9. The van der Waals surface area contributed by atoms with Crippen LogP contribution in [0.15, 0.2) is 40.6 Å². The van der Waals surface area contributed by atoms with E-state index in [0.29, 0.717) is 12.5 Å². The van der Waals surface area contributed by atoms with Gasteiger partial charge >= 0.3 is 0 Å². The van der Waals surface area contributed by atoms with E-state index < -0.39 is 0 Å². The van der Waals surface area contributed by atoms with Crippen molar-refractivity contribution in [1.82, 2.24) is 9.91 Å². The van der Waals surface area contributed by atoms with E-state index in [0.717, 1.165) is 31.8 Å². The van der Waals surface area contributed by atoms with Gasteiger partial charge in [0.1, 0.15) is 5.75 Å². The maximum atomic E-state index is 9.26. The van der Waals surface area contributed by atoms with Gasteiger partial charge in [-0.05, 0) is 35.6 Å². The number of hydrogen-bond donors (Lipinski definition) is 1. The lowest BCUT2D eigenvalue weighted by Crippen LogP contribution is -2.40. The molecule has 1 aromatic carbocycles. The van der Waals surface area contributed by atoms with Gasteiger partial charge in [-0.1, -0.05) is 19.1 Å². The Labute approximate surface area is 137 Å². The minimum absolute atomic E-state index is 0.187. The molecule has 0 aromatic heterocycles. The molecular formula is C18H25N3O2. The Hall–Kier alpha value is -2.01. The molecule has 0 saturated carbocycles. The average molecular weight is 315 g/mol. The van der Waals surface area contributed by atoms with E-state index >= 15 is 0 Å². The van der Waals surface area contributed by atoms with Crippen LogP contribution in [0, 0.1) is 5.92 Å². The molecule has 5 heteroatoms. The summed E-state index contributed by atoms with van der Waals surface area (Å²) in [6.45, 7) is 5.81. The highest BCUT2D eigenvalue weighted by Crippen LogP contribution is 2.28. The molecule has 0 bridgehead atoms. The Morgan fingerprint density at radius 2 is 2.09 bits per heavy atom. The Morgan fingerprint density at radius 3 is 2.78 bits per heavy atom. The monoisotopic (exact) mass is 315 g/mol. The number of rotatable bonds is 5. The van der Waals surface area contributed by atoms with Crippen LogP contribution in [0.1, 0.15) is 18.9 Å². The molecule has 0 aliphatic carbocycles. The number of allylic oxidation sites excluding steroid dienone is 1. The van der Waals surface area contributed by atoms with Crippen molar-refractivity contribution in [2.45, 2.75) is 19.9 Å². The minimum Gasteiger partial charge on any atom is -0.497 e. The van der Waals surface area contributed by atoms with Crippen molar-refractivity contribution >= 4 is 6.21 Å². The first-order valence-electron chi connectivity index (χ1n) is 8.19. The molecule has 5 nitrogen and oxygen atoms in total. The fourth-order valence-corrected chi connectivity index (χ4v) is 3.37. The van der Waals surface area contributed by atoms with Crippen LogP contribution in [0.25, 0.3) is 0 Å². The molecule has 0 spiro atoms. The molecule has 2 aliphatic heterocycles. The van der Waals surface area contributed by atoms with Crippen LogP contribution in [-0.2, 0) is 6.54 Å². The van der Waals surface area contributed by atoms with E-state index in [-0.39, 0.29) is 6.61 Å². The number of hydrogen-bond acceptors (Lipinski definition) is 5. The Balaban J connectivity index is 1.68. The van der Waals surface area contributed by atoms with Crippen molar-refractivity contribution in [3.63, 3.8) is 0 Å². The van der Waals surface area contributed by atoms with E-state index in [2.05, 4.69) is 34.1 Å². The van der Waals surface area contributed by atoms with Crippen molar-refractivity contribution in [2.24, 2.45) is 11.0 Å². The van der Waals surface area contributed by atoms with E-state index in [1.54, 1.807) is 7.11 Å². The van der Waals surface area contributed by atoms with Gasteiger partial charge in [0.2, 0.25) is 0 Å². The van der Waals surface area contributed by atoms with Crippen LogP contribution < -0.4 is 4.74 Å². The fraction of sp³-hybridized carbons (Fsp3) is 0.500. The minimum atomic E-state index is 0.187. The standard InChI is InChI=1S/C18H25N3O2/c1-14-9-16-13-21(12-15-3-5-17(23-2)6-4-15)19-10-18(16)20(11-14)7-8-22/h3-6,10,14,22H,7-9,11-13H2,1-2H3. The average Bonchev–Trinajstić information content (AvgIpc) is 2.55. The van der Waals surface area contributed by atoms with E-state index in [1.807, 2.05) is 18.3 Å². The molecule has 1 unspecified atom stereocenters. The quantitative estimate of drug-likeness (QED) is 0.904. The van der Waals surface area contributed by atoms with Crippen LogP contribution in [0.5, 0.6) is 5.75 Å². The van der Waals surface area contributed by atoms with Crippen LogP contribution in [-0.4, -0.2) is 54.6 Å². The first-order chi connectivity index (χ1) is 11.2. The summed E-state index contributed by atoms with van der Waals surface area (Å²) in [5, 5.41) is 16.0. The number of methoxy groups -OCH3 is 1. The smallest absolute Gasteiger partial charge is 0.118 e. The number of nitrogens with zero attached hydrogens (tertiary/aromatic N) is 3. The third kappa shape index (κ3) is 3.67. The zero-order valence-electron chi connectivity index (χ0n) is 13.9. The van der Waals surface area contributed by atoms with Crippen LogP contribution >= 0.6 is 0 Å². The van der Waals surface area contributed by atoms with Crippen molar-refractivity contribution in [1.29, 1.82) is 0 Å². The normalized spacial score (nSPS) is 20.7. The molecular weight excluding hydrogens is 290 g/mol. The van der Waals surface area contributed by atoms with Gasteiger partial charge in [0.15, 0.2) is 0 Å². The van der Waals surface area contributed by atoms with E-state index in [9.17, 15) is 5.11 Å². The van der Waals surface area contributed by atoms with E-state index in [1.165, 1.54) is 16.8 Å². The van der Waals surface area contributed by atoms with Crippen molar-refractivity contribution in [2.75, 3.05) is 33.4 Å². The summed E-state index contributed by atoms with van der Waals surface area (Å²) in [7, 11) is 1.68. The number of β-amino-alcohol motifs (C(OH)–C–C–N with tert-alkyl or cyclic N) is 1. The summed E-state index contributed by atoms with van der Waals surface area (Å²) >= 11 is 0. The summed E-state index contributed by atoms with van der Waals surface area (Å²) in [6.07, 6.45) is 3.08. The number of hydrazone groups is 1. The second-order valence-corrected chi connectivity index (χ2v) is 6.38. The molecule has 124 valence electrons. The lowest BCUT2D eigenvalue weighted by atomic mass is 9.93. The van der Waals surface area contributed by atoms with Crippen LogP contribution in [0.3, 0.4) is 0 Å². The molecule has 0 fully saturated rings. The highest BCUT2D eigenvalue weighted by atomic mass is 16.5. The van der Waals surface area contributed by atoms with Gasteiger partial charge < -0.3 is 14.7 Å². The molecule has 3 rings (SSSR count). The van der Waals surface area contributed by atoms with Crippen LogP contribution in [0.4, 0.5) is 0 Å². The van der Waals surface area contributed by atoms with E-state index in [4.69, 9.17) is 4.74 Å². The summed E-state index contributed by atoms with van der Waals surface area (Å²) in [5.41, 5.74) is 3.87. The van der Waals surface area contributed by atoms with Crippen LogP contribution in [0.2, 0.25) is 0 Å². The number of aliphatic hydroxyl groups excluding tert-OH is 1. The van der Waals surface area contributed by atoms with Gasteiger partial charge in [0.05, 0.1) is 38.7 Å². The fourth-order valence-electron chi connectivity index (χ4n) is 3.37. The molecule has 1 aromatic rings. The van der Waals surface area contributed by atoms with Crippen molar-refractivity contribution < 1.29 is 9.84 Å². The number of benzene rings is 1. The molecule has 0 saturated heterocycles. The maximum Gasteiger partial charge on any atom is 0.118 e. The molecule has 0 amide bonds. The molecule has 2 aliphatic rings. The predicted octanol–water partition coefficient (Wildman–Crippen LogP) is 2.08. The zero-order chi connectivity index (χ0) is 16.2. The van der Waals surface area contributed by atoms with Gasteiger partial charge in [-0.25, -0.2) is 0 Å². The topological polar surface area (TPSA) is 48.3 Å². The SMILES string of the molecule is COc1ccc(CN2CC3=C(C=N2)N(CCO)CC(C)C3)cc1. The van der Waals surface area contributed by atoms with Gasteiger partial charge in [0.25, 0.3) is 0 Å². The van der Waals surface area contributed by atoms with Gasteiger partial charge in [-0.15, -0.1) is 0 Å². The second kappa shape index (κ2) is 7.04. The Kier molecular flexibility index (Phi) is 4.86. The predicted molar refractivity (Wildman–Crippen MR) is 91.4 cm³/mol. The zero-order valence-corrected chi connectivity index (χ0v) is 13.9. The number of aliphatic hydroxyl groups is 1. The van der Waals surface area contributed by atoms with Crippen molar-refractivity contribution in [3.8, 4) is 5.75 Å². The second-order valence-electron chi connectivity index (χ2n) is 6.38. The lowest BCUT2D eigenvalue weighted by Gasteiger charge is -2.38. The molecule has 2 heterocycles. The lowest BCUT2D eigenvalue weighted by molar-refractivity contribution is 0.194. The number of ether oxygens (including phenoxy) is 1. The third-order valence-electron chi connectivity index (χ3n) is 4.44. The largest absolute Gasteiger partial charge is 0.497 e. The molecule has 1 atom stereocenters. The highest BCUT2D eigenvalue weighted by Gasteiger charge is 2.26. The van der Waals surface area contributed by atoms with Gasteiger partial charge in [0, 0.05) is 13.1 Å².